The van der Waals surface area contributed by atoms with Crippen molar-refractivity contribution in [2.24, 2.45) is 11.8 Å². The molecule has 2 amide bonds. The average molecular weight is 436 g/mol. The molecule has 3 aromatic rings. The predicted molar refractivity (Wildman–Crippen MR) is 123 cm³/mol. The lowest BCUT2D eigenvalue weighted by atomic mass is 9.90. The van der Waals surface area contributed by atoms with Crippen molar-refractivity contribution in [3.05, 3.63) is 59.8 Å². The first-order valence-electron chi connectivity index (χ1n) is 10.8. The lowest BCUT2D eigenvalue weighted by Gasteiger charge is -2.22. The monoisotopic (exact) mass is 435 g/mol. The Labute approximate surface area is 187 Å². The van der Waals surface area contributed by atoms with Gasteiger partial charge in [0.1, 0.15) is 0 Å². The predicted octanol–water partition coefficient (Wildman–Crippen LogP) is 3.21. The molecule has 3 atom stereocenters. The van der Waals surface area contributed by atoms with Gasteiger partial charge in [-0.2, -0.15) is 0 Å². The average Bonchev–Trinajstić information content (AvgIpc) is 3.40. The molecule has 0 bridgehead atoms. The molecule has 32 heavy (non-hydrogen) atoms. The fraction of sp³-hybridized carbons (Fsp3) is 0.360. The first-order chi connectivity index (χ1) is 15.5. The summed E-state index contributed by atoms with van der Waals surface area (Å²) in [6.45, 7) is 2.36. The summed E-state index contributed by atoms with van der Waals surface area (Å²) in [5.41, 5.74) is 2.97. The van der Waals surface area contributed by atoms with Crippen molar-refractivity contribution < 1.29 is 19.1 Å². The minimum Gasteiger partial charge on any atom is -0.493 e. The van der Waals surface area contributed by atoms with Crippen LogP contribution in [-0.4, -0.2) is 44.1 Å². The van der Waals surface area contributed by atoms with E-state index in [2.05, 4.69) is 21.7 Å². The highest BCUT2D eigenvalue weighted by Crippen LogP contribution is 2.40. The maximum atomic E-state index is 12.5. The van der Waals surface area contributed by atoms with Crippen molar-refractivity contribution >= 4 is 22.7 Å². The number of hydrogen-bond acceptors (Lipinski definition) is 4. The molecule has 7 heteroatoms. The highest BCUT2D eigenvalue weighted by Gasteiger charge is 2.39. The number of benzene rings is 2. The lowest BCUT2D eigenvalue weighted by molar-refractivity contribution is -0.127. The summed E-state index contributed by atoms with van der Waals surface area (Å²) in [6.07, 6.45) is 2.86. The van der Waals surface area contributed by atoms with Gasteiger partial charge < -0.3 is 25.1 Å². The Balaban J connectivity index is 1.57. The Morgan fingerprint density at radius 2 is 1.84 bits per heavy atom. The van der Waals surface area contributed by atoms with Gasteiger partial charge in [-0.05, 0) is 30.0 Å². The number of carbonyl (C=O) groups excluding carboxylic acids is 2. The summed E-state index contributed by atoms with van der Waals surface area (Å²) >= 11 is 0. The smallest absolute Gasteiger partial charge is 0.239 e. The van der Waals surface area contributed by atoms with Gasteiger partial charge in [0.15, 0.2) is 11.5 Å². The SMILES string of the molecule is COc1cccc([C@H](CNC(=O)CNC(=O)[C@H]2C[C@@H]2C)c2c[nH]c3ccccc23)c1OC. The third-order valence-electron chi connectivity index (χ3n) is 6.18. The molecule has 1 aliphatic rings. The van der Waals surface area contributed by atoms with Crippen LogP contribution < -0.4 is 20.1 Å². The van der Waals surface area contributed by atoms with Gasteiger partial charge in [0, 0.05) is 41.0 Å². The summed E-state index contributed by atoms with van der Waals surface area (Å²) in [5.74, 6) is 1.27. The van der Waals surface area contributed by atoms with Crippen LogP contribution in [0.1, 0.15) is 30.4 Å². The van der Waals surface area contributed by atoms with Gasteiger partial charge in [-0.1, -0.05) is 37.3 Å². The van der Waals surface area contributed by atoms with E-state index < -0.39 is 0 Å². The molecular weight excluding hydrogens is 406 g/mol. The van der Waals surface area contributed by atoms with E-state index in [0.29, 0.717) is 24.0 Å². The highest BCUT2D eigenvalue weighted by molar-refractivity contribution is 5.87. The number of fused-ring (bicyclic) bond motifs is 1. The van der Waals surface area contributed by atoms with E-state index in [1.165, 1.54) is 0 Å². The molecule has 1 aliphatic carbocycles. The molecule has 4 rings (SSSR count). The number of aromatic nitrogens is 1. The van der Waals surface area contributed by atoms with Crippen LogP contribution in [0.5, 0.6) is 11.5 Å². The third-order valence-corrected chi connectivity index (χ3v) is 6.18. The Bertz CT molecular complexity index is 1120. The van der Waals surface area contributed by atoms with Crippen molar-refractivity contribution in [2.75, 3.05) is 27.3 Å². The Hall–Kier alpha value is -3.48. The second-order valence-corrected chi connectivity index (χ2v) is 8.27. The van der Waals surface area contributed by atoms with E-state index >= 15 is 0 Å². The molecule has 3 N–H and O–H groups in total. The van der Waals surface area contributed by atoms with Crippen LogP contribution >= 0.6 is 0 Å². The minimum atomic E-state index is -0.224. The zero-order valence-electron chi connectivity index (χ0n) is 18.6. The Morgan fingerprint density at radius 1 is 1.06 bits per heavy atom. The molecule has 0 spiro atoms. The number of hydrogen-bond donors (Lipinski definition) is 3. The highest BCUT2D eigenvalue weighted by atomic mass is 16.5. The molecule has 0 radical (unpaired) electrons. The third kappa shape index (κ3) is 4.42. The van der Waals surface area contributed by atoms with Gasteiger partial charge in [0.2, 0.25) is 11.8 Å². The zero-order chi connectivity index (χ0) is 22.7. The fourth-order valence-electron chi connectivity index (χ4n) is 4.22. The number of rotatable bonds is 9. The second-order valence-electron chi connectivity index (χ2n) is 8.27. The number of para-hydroxylation sites is 2. The van der Waals surface area contributed by atoms with Crippen molar-refractivity contribution in [1.29, 1.82) is 0 Å². The first-order valence-corrected chi connectivity index (χ1v) is 10.8. The molecule has 0 unspecified atom stereocenters. The van der Waals surface area contributed by atoms with E-state index in [4.69, 9.17) is 9.47 Å². The maximum Gasteiger partial charge on any atom is 0.239 e. The molecule has 7 nitrogen and oxygen atoms in total. The quantitative estimate of drug-likeness (QED) is 0.481. The number of amides is 2. The van der Waals surface area contributed by atoms with Gasteiger partial charge in [0.25, 0.3) is 0 Å². The van der Waals surface area contributed by atoms with Crippen LogP contribution in [0.4, 0.5) is 0 Å². The Kier molecular flexibility index (Phi) is 6.35. The van der Waals surface area contributed by atoms with Crippen LogP contribution in [0.2, 0.25) is 0 Å². The van der Waals surface area contributed by atoms with Gasteiger partial charge in [-0.15, -0.1) is 0 Å². The van der Waals surface area contributed by atoms with Crippen molar-refractivity contribution in [3.63, 3.8) is 0 Å². The van der Waals surface area contributed by atoms with Gasteiger partial charge >= 0.3 is 0 Å². The summed E-state index contributed by atoms with van der Waals surface area (Å²) < 4.78 is 11.2. The number of aromatic amines is 1. The first kappa shape index (κ1) is 21.7. The molecule has 1 fully saturated rings. The number of ether oxygens (including phenoxy) is 2. The van der Waals surface area contributed by atoms with Crippen LogP contribution in [-0.2, 0) is 9.59 Å². The molecule has 168 valence electrons. The fourth-order valence-corrected chi connectivity index (χ4v) is 4.22. The van der Waals surface area contributed by atoms with Crippen molar-refractivity contribution in [3.8, 4) is 11.5 Å². The Morgan fingerprint density at radius 3 is 2.56 bits per heavy atom. The van der Waals surface area contributed by atoms with Gasteiger partial charge in [0.05, 0.1) is 20.8 Å². The van der Waals surface area contributed by atoms with Crippen LogP contribution in [0.25, 0.3) is 10.9 Å². The van der Waals surface area contributed by atoms with E-state index in [-0.39, 0.29) is 30.2 Å². The number of carbonyl (C=O) groups is 2. The van der Waals surface area contributed by atoms with Crippen LogP contribution in [0.3, 0.4) is 0 Å². The van der Waals surface area contributed by atoms with Crippen LogP contribution in [0.15, 0.2) is 48.7 Å². The van der Waals surface area contributed by atoms with E-state index in [0.717, 1.165) is 28.5 Å². The van der Waals surface area contributed by atoms with E-state index in [9.17, 15) is 9.59 Å². The van der Waals surface area contributed by atoms with Crippen molar-refractivity contribution in [2.45, 2.75) is 19.3 Å². The summed E-state index contributed by atoms with van der Waals surface area (Å²) in [5, 5.41) is 6.80. The number of H-pyrrole nitrogens is 1. The standard InChI is InChI=1S/C25H29N3O4/c1-15-11-18(15)25(30)28-14-23(29)27-13-20(17-8-6-10-22(31-2)24(17)32-3)19-12-26-21-9-5-4-7-16(19)21/h4-10,12,15,18,20,26H,11,13-14H2,1-3H3,(H,27,29)(H,28,30)/t15-,18-,20-/m0/s1. The molecule has 1 aromatic heterocycles. The summed E-state index contributed by atoms with van der Waals surface area (Å²) in [4.78, 5) is 27.9. The maximum absolute atomic E-state index is 12.5. The van der Waals surface area contributed by atoms with Gasteiger partial charge in [-0.3, -0.25) is 9.59 Å². The lowest BCUT2D eigenvalue weighted by Crippen LogP contribution is -2.39. The summed E-state index contributed by atoms with van der Waals surface area (Å²) in [6, 6.07) is 13.8. The van der Waals surface area contributed by atoms with Crippen molar-refractivity contribution in [1.82, 2.24) is 15.6 Å². The molecule has 1 heterocycles. The second kappa shape index (κ2) is 9.34. The molecule has 2 aromatic carbocycles. The van der Waals surface area contributed by atoms with E-state index in [1.807, 2.05) is 49.5 Å². The number of nitrogens with one attached hydrogen (secondary N) is 3. The largest absolute Gasteiger partial charge is 0.493 e. The molecule has 0 aliphatic heterocycles. The molecular formula is C25H29N3O4. The van der Waals surface area contributed by atoms with E-state index in [1.54, 1.807) is 14.2 Å². The summed E-state index contributed by atoms with van der Waals surface area (Å²) in [7, 11) is 3.22. The minimum absolute atomic E-state index is 0.0299. The van der Waals surface area contributed by atoms with Crippen LogP contribution in [0, 0.1) is 11.8 Å². The number of methoxy groups -OCH3 is 2. The zero-order valence-corrected chi connectivity index (χ0v) is 18.6. The van der Waals surface area contributed by atoms with Gasteiger partial charge in [-0.25, -0.2) is 0 Å². The molecule has 1 saturated carbocycles. The topological polar surface area (TPSA) is 92.5 Å². The normalized spacial score (nSPS) is 18.1. The molecule has 0 saturated heterocycles.